The highest BCUT2D eigenvalue weighted by molar-refractivity contribution is 5.40. The van der Waals surface area contributed by atoms with E-state index in [2.05, 4.69) is 27.8 Å². The van der Waals surface area contributed by atoms with Crippen LogP contribution < -0.4 is 10.6 Å². The van der Waals surface area contributed by atoms with Gasteiger partial charge in [-0.1, -0.05) is 6.07 Å². The Morgan fingerprint density at radius 2 is 2.41 bits per heavy atom. The Bertz CT molecular complexity index is 388. The number of aromatic nitrogens is 1. The molecular weight excluding hydrogens is 214 g/mol. The molecule has 92 valence electrons. The third-order valence-corrected chi connectivity index (χ3v) is 3.44. The lowest BCUT2D eigenvalue weighted by Gasteiger charge is -2.24. The van der Waals surface area contributed by atoms with Crippen LogP contribution in [0.15, 0.2) is 12.1 Å². The predicted molar refractivity (Wildman–Crippen MR) is 67.4 cm³/mol. The van der Waals surface area contributed by atoms with E-state index < -0.39 is 0 Å². The van der Waals surface area contributed by atoms with Crippen LogP contribution in [0.4, 0.5) is 5.82 Å². The van der Waals surface area contributed by atoms with Crippen molar-refractivity contribution in [3.8, 4) is 0 Å². The molecule has 1 aromatic rings. The summed E-state index contributed by atoms with van der Waals surface area (Å²) in [4.78, 5) is 4.65. The molecule has 1 aliphatic carbocycles. The minimum Gasteiger partial charge on any atom is -0.374 e. The number of ether oxygens (including phenoxy) is 1. The summed E-state index contributed by atoms with van der Waals surface area (Å²) in [6, 6.07) is 4.29. The number of hydrogen-bond acceptors (Lipinski definition) is 4. The summed E-state index contributed by atoms with van der Waals surface area (Å²) in [7, 11) is 0. The first kappa shape index (κ1) is 11.0. The lowest BCUT2D eigenvalue weighted by molar-refractivity contribution is 0.0372. The van der Waals surface area contributed by atoms with Gasteiger partial charge in [-0.3, -0.25) is 0 Å². The molecule has 1 atom stereocenters. The van der Waals surface area contributed by atoms with Crippen LogP contribution in [-0.2, 0) is 17.6 Å². The molecule has 0 saturated carbocycles. The van der Waals surface area contributed by atoms with Gasteiger partial charge in [0.05, 0.1) is 12.7 Å². The van der Waals surface area contributed by atoms with Crippen molar-refractivity contribution in [1.29, 1.82) is 0 Å². The minimum atomic E-state index is 0.263. The Hall–Kier alpha value is -1.13. The fraction of sp³-hybridized carbons (Fsp3) is 0.615. The number of morpholine rings is 1. The van der Waals surface area contributed by atoms with Gasteiger partial charge in [0.25, 0.3) is 0 Å². The van der Waals surface area contributed by atoms with Crippen molar-refractivity contribution in [2.75, 3.05) is 31.6 Å². The van der Waals surface area contributed by atoms with Crippen LogP contribution in [0.1, 0.15) is 17.7 Å². The first-order chi connectivity index (χ1) is 8.42. The molecule has 0 spiro atoms. The van der Waals surface area contributed by atoms with E-state index in [-0.39, 0.29) is 6.10 Å². The molecule has 0 radical (unpaired) electrons. The van der Waals surface area contributed by atoms with Crippen molar-refractivity contribution < 1.29 is 4.74 Å². The van der Waals surface area contributed by atoms with E-state index in [4.69, 9.17) is 4.74 Å². The highest BCUT2D eigenvalue weighted by Gasteiger charge is 2.15. The average Bonchev–Trinajstić information content (AvgIpc) is 2.85. The van der Waals surface area contributed by atoms with Gasteiger partial charge in [0.2, 0.25) is 0 Å². The highest BCUT2D eigenvalue weighted by Crippen LogP contribution is 2.21. The van der Waals surface area contributed by atoms with Crippen LogP contribution in [0.3, 0.4) is 0 Å². The molecule has 3 rings (SSSR count). The van der Waals surface area contributed by atoms with Crippen LogP contribution in [0.2, 0.25) is 0 Å². The molecule has 4 heteroatoms. The summed E-state index contributed by atoms with van der Waals surface area (Å²) in [6.45, 7) is 3.54. The number of hydrogen-bond donors (Lipinski definition) is 2. The number of aryl methyl sites for hydroxylation is 2. The van der Waals surface area contributed by atoms with Gasteiger partial charge in [0, 0.05) is 25.3 Å². The van der Waals surface area contributed by atoms with E-state index in [1.807, 2.05) is 0 Å². The zero-order valence-electron chi connectivity index (χ0n) is 10.0. The fourth-order valence-corrected chi connectivity index (χ4v) is 2.49. The first-order valence-corrected chi connectivity index (χ1v) is 6.47. The zero-order chi connectivity index (χ0) is 11.5. The molecule has 0 amide bonds. The number of nitrogens with zero attached hydrogens (tertiary/aromatic N) is 1. The highest BCUT2D eigenvalue weighted by atomic mass is 16.5. The largest absolute Gasteiger partial charge is 0.374 e. The number of anilines is 1. The second kappa shape index (κ2) is 5.02. The average molecular weight is 233 g/mol. The molecule has 17 heavy (non-hydrogen) atoms. The van der Waals surface area contributed by atoms with Crippen molar-refractivity contribution >= 4 is 5.82 Å². The normalized spacial score (nSPS) is 23.4. The van der Waals surface area contributed by atoms with Crippen LogP contribution >= 0.6 is 0 Å². The van der Waals surface area contributed by atoms with Gasteiger partial charge in [-0.15, -0.1) is 0 Å². The molecule has 2 heterocycles. The SMILES string of the molecule is c1cc2c(nc1NCC1CNCCO1)CCC2. The Labute approximate surface area is 102 Å². The number of nitrogens with one attached hydrogen (secondary N) is 2. The second-order valence-electron chi connectivity index (χ2n) is 4.73. The maximum Gasteiger partial charge on any atom is 0.126 e. The monoisotopic (exact) mass is 233 g/mol. The minimum absolute atomic E-state index is 0.263. The first-order valence-electron chi connectivity index (χ1n) is 6.47. The molecule has 1 fully saturated rings. The topological polar surface area (TPSA) is 46.2 Å². The molecule has 0 bridgehead atoms. The van der Waals surface area contributed by atoms with E-state index in [1.165, 1.54) is 24.1 Å². The van der Waals surface area contributed by atoms with Crippen LogP contribution in [0, 0.1) is 0 Å². The van der Waals surface area contributed by atoms with Crippen LogP contribution in [-0.4, -0.2) is 37.3 Å². The van der Waals surface area contributed by atoms with Gasteiger partial charge >= 0.3 is 0 Å². The lowest BCUT2D eigenvalue weighted by atomic mass is 10.2. The summed E-state index contributed by atoms with van der Waals surface area (Å²) < 4.78 is 5.64. The number of rotatable bonds is 3. The maximum absolute atomic E-state index is 5.64. The summed E-state index contributed by atoms with van der Waals surface area (Å²) in [6.07, 6.45) is 3.84. The van der Waals surface area contributed by atoms with Gasteiger partial charge in [-0.25, -0.2) is 4.98 Å². The molecular formula is C13H19N3O. The van der Waals surface area contributed by atoms with Gasteiger partial charge < -0.3 is 15.4 Å². The van der Waals surface area contributed by atoms with E-state index >= 15 is 0 Å². The van der Waals surface area contributed by atoms with Crippen molar-refractivity contribution in [3.63, 3.8) is 0 Å². The van der Waals surface area contributed by atoms with Crippen molar-refractivity contribution in [1.82, 2.24) is 10.3 Å². The third-order valence-electron chi connectivity index (χ3n) is 3.44. The summed E-state index contributed by atoms with van der Waals surface area (Å²) in [5.41, 5.74) is 2.70. The second-order valence-corrected chi connectivity index (χ2v) is 4.73. The Kier molecular flexibility index (Phi) is 3.25. The number of pyridine rings is 1. The van der Waals surface area contributed by atoms with Gasteiger partial charge in [0.1, 0.15) is 5.82 Å². The predicted octanol–water partition coefficient (Wildman–Crippen LogP) is 0.971. The van der Waals surface area contributed by atoms with E-state index in [1.54, 1.807) is 0 Å². The zero-order valence-corrected chi connectivity index (χ0v) is 10.0. The standard InChI is InChI=1S/C13H19N3O/c1-2-10-4-5-13(16-12(10)3-1)15-9-11-8-14-6-7-17-11/h4-5,11,14H,1-3,6-9H2,(H,15,16). The summed E-state index contributed by atoms with van der Waals surface area (Å²) in [5, 5.41) is 6.70. The van der Waals surface area contributed by atoms with Crippen LogP contribution in [0.5, 0.6) is 0 Å². The molecule has 2 aliphatic rings. The Morgan fingerprint density at radius 1 is 1.41 bits per heavy atom. The van der Waals surface area contributed by atoms with Crippen molar-refractivity contribution in [3.05, 3.63) is 23.4 Å². The molecule has 1 aliphatic heterocycles. The van der Waals surface area contributed by atoms with Gasteiger partial charge in [-0.05, 0) is 30.9 Å². The fourth-order valence-electron chi connectivity index (χ4n) is 2.49. The summed E-state index contributed by atoms with van der Waals surface area (Å²) >= 11 is 0. The van der Waals surface area contributed by atoms with Gasteiger partial charge in [-0.2, -0.15) is 0 Å². The van der Waals surface area contributed by atoms with E-state index in [9.17, 15) is 0 Å². The summed E-state index contributed by atoms with van der Waals surface area (Å²) in [5.74, 6) is 0.986. The number of fused-ring (bicyclic) bond motifs is 1. The quantitative estimate of drug-likeness (QED) is 0.816. The molecule has 2 N–H and O–H groups in total. The Morgan fingerprint density at radius 3 is 3.29 bits per heavy atom. The molecule has 4 nitrogen and oxygen atoms in total. The molecule has 1 unspecified atom stereocenters. The lowest BCUT2D eigenvalue weighted by Crippen LogP contribution is -2.42. The van der Waals surface area contributed by atoms with E-state index in [0.29, 0.717) is 0 Å². The molecule has 1 saturated heterocycles. The van der Waals surface area contributed by atoms with Crippen molar-refractivity contribution in [2.24, 2.45) is 0 Å². The van der Waals surface area contributed by atoms with E-state index in [0.717, 1.165) is 38.5 Å². The third kappa shape index (κ3) is 2.58. The maximum atomic E-state index is 5.64. The Balaban J connectivity index is 1.57. The molecule has 1 aromatic heterocycles. The van der Waals surface area contributed by atoms with Gasteiger partial charge in [0.15, 0.2) is 0 Å². The van der Waals surface area contributed by atoms with Crippen LogP contribution in [0.25, 0.3) is 0 Å². The van der Waals surface area contributed by atoms with Crippen molar-refractivity contribution in [2.45, 2.75) is 25.4 Å². The molecule has 0 aromatic carbocycles. The smallest absolute Gasteiger partial charge is 0.126 e.